The van der Waals surface area contributed by atoms with E-state index in [1.54, 1.807) is 0 Å². The maximum absolute atomic E-state index is 11.7. The topological polar surface area (TPSA) is 70.2 Å². The molecule has 18 heavy (non-hydrogen) atoms. The lowest BCUT2D eigenvalue weighted by molar-refractivity contribution is 0.0336. The van der Waals surface area contributed by atoms with Crippen LogP contribution in [0.25, 0.3) is 0 Å². The zero-order chi connectivity index (χ0) is 12.4. The summed E-state index contributed by atoms with van der Waals surface area (Å²) in [6.07, 6.45) is 1.85. The Bertz CT molecular complexity index is 479. The number of anilines is 1. The Kier molecular flexibility index (Phi) is 3.29. The smallest absolute Gasteiger partial charge is 0.269 e. The van der Waals surface area contributed by atoms with E-state index < -0.39 is 0 Å². The number of fused-ring (bicyclic) bond motifs is 1. The summed E-state index contributed by atoms with van der Waals surface area (Å²) in [5.41, 5.74) is 2.71. The molecule has 1 aromatic rings. The number of morpholine rings is 1. The monoisotopic (exact) mass is 250 g/mol. The van der Waals surface area contributed by atoms with Crippen molar-refractivity contribution in [2.75, 3.05) is 38.2 Å². The van der Waals surface area contributed by atoms with Crippen LogP contribution in [0.15, 0.2) is 4.79 Å². The SMILES string of the molecule is O=c1[nH]nc(CN2CCOCC2)c2c1CCCN2. The van der Waals surface area contributed by atoms with E-state index >= 15 is 0 Å². The molecule has 0 aliphatic carbocycles. The Morgan fingerprint density at radius 2 is 2.17 bits per heavy atom. The molecule has 0 spiro atoms. The quantitative estimate of drug-likeness (QED) is 0.771. The van der Waals surface area contributed by atoms with Crippen LogP contribution in [-0.2, 0) is 17.7 Å². The first kappa shape index (κ1) is 11.7. The third kappa shape index (κ3) is 2.26. The number of ether oxygens (including phenoxy) is 1. The first-order chi connectivity index (χ1) is 8.84. The maximum Gasteiger partial charge on any atom is 0.269 e. The van der Waals surface area contributed by atoms with Crippen LogP contribution in [0.2, 0.25) is 0 Å². The molecule has 0 aromatic carbocycles. The zero-order valence-electron chi connectivity index (χ0n) is 10.4. The van der Waals surface area contributed by atoms with Crippen molar-refractivity contribution in [1.82, 2.24) is 15.1 Å². The molecule has 1 fully saturated rings. The van der Waals surface area contributed by atoms with Gasteiger partial charge in [-0.2, -0.15) is 5.10 Å². The molecule has 0 unspecified atom stereocenters. The average molecular weight is 250 g/mol. The molecule has 6 nitrogen and oxygen atoms in total. The number of aromatic amines is 1. The minimum absolute atomic E-state index is 0.0528. The van der Waals surface area contributed by atoms with Gasteiger partial charge in [-0.1, -0.05) is 0 Å². The van der Waals surface area contributed by atoms with Crippen molar-refractivity contribution in [2.24, 2.45) is 0 Å². The van der Waals surface area contributed by atoms with Crippen molar-refractivity contribution in [3.8, 4) is 0 Å². The summed E-state index contributed by atoms with van der Waals surface area (Å²) in [6, 6.07) is 0. The largest absolute Gasteiger partial charge is 0.383 e. The van der Waals surface area contributed by atoms with Gasteiger partial charge in [0.1, 0.15) is 0 Å². The summed E-state index contributed by atoms with van der Waals surface area (Å²) >= 11 is 0. The molecule has 1 aromatic heterocycles. The van der Waals surface area contributed by atoms with Crippen LogP contribution in [0.3, 0.4) is 0 Å². The lowest BCUT2D eigenvalue weighted by Crippen LogP contribution is -2.37. The number of nitrogens with zero attached hydrogens (tertiary/aromatic N) is 2. The van der Waals surface area contributed by atoms with E-state index in [1.807, 2.05) is 0 Å². The summed E-state index contributed by atoms with van der Waals surface area (Å²) in [5.74, 6) is 0. The second-order valence-electron chi connectivity index (χ2n) is 4.77. The Hall–Kier alpha value is -1.40. The second kappa shape index (κ2) is 5.07. The van der Waals surface area contributed by atoms with Crippen molar-refractivity contribution < 1.29 is 4.74 Å². The lowest BCUT2D eigenvalue weighted by Gasteiger charge is -2.28. The van der Waals surface area contributed by atoms with E-state index in [1.165, 1.54) is 0 Å². The fourth-order valence-electron chi connectivity index (χ4n) is 2.54. The fraction of sp³-hybridized carbons (Fsp3) is 0.667. The second-order valence-corrected chi connectivity index (χ2v) is 4.77. The Morgan fingerprint density at radius 1 is 1.33 bits per heavy atom. The number of hydrogen-bond acceptors (Lipinski definition) is 5. The Labute approximate surface area is 105 Å². The molecular weight excluding hydrogens is 232 g/mol. The van der Waals surface area contributed by atoms with E-state index in [9.17, 15) is 4.79 Å². The van der Waals surface area contributed by atoms with Gasteiger partial charge < -0.3 is 10.1 Å². The highest BCUT2D eigenvalue weighted by atomic mass is 16.5. The predicted octanol–water partition coefficient (Wildman–Crippen LogP) is -0.0398. The van der Waals surface area contributed by atoms with Gasteiger partial charge in [-0.25, -0.2) is 5.10 Å². The van der Waals surface area contributed by atoms with Gasteiger partial charge >= 0.3 is 0 Å². The summed E-state index contributed by atoms with van der Waals surface area (Å²) < 4.78 is 5.33. The minimum atomic E-state index is -0.0528. The molecule has 6 heteroatoms. The third-order valence-electron chi connectivity index (χ3n) is 3.54. The normalized spacial score (nSPS) is 20.2. The standard InChI is InChI=1S/C12H18N4O2/c17-12-9-2-1-3-13-11(9)10(14-15-12)8-16-4-6-18-7-5-16/h13H,1-8H2,(H,15,17). The Morgan fingerprint density at radius 3 is 3.00 bits per heavy atom. The van der Waals surface area contributed by atoms with Gasteiger partial charge in [0, 0.05) is 31.7 Å². The minimum Gasteiger partial charge on any atom is -0.383 e. The van der Waals surface area contributed by atoms with Gasteiger partial charge in [0.15, 0.2) is 0 Å². The number of hydrogen-bond donors (Lipinski definition) is 2. The molecule has 98 valence electrons. The van der Waals surface area contributed by atoms with Crippen LogP contribution in [0.1, 0.15) is 17.7 Å². The summed E-state index contributed by atoms with van der Waals surface area (Å²) in [6.45, 7) is 5.10. The average Bonchev–Trinajstić information content (AvgIpc) is 2.44. The molecule has 3 rings (SSSR count). The van der Waals surface area contributed by atoms with Crippen LogP contribution in [0, 0.1) is 0 Å². The van der Waals surface area contributed by atoms with Crippen LogP contribution in [-0.4, -0.2) is 47.9 Å². The van der Waals surface area contributed by atoms with Crippen molar-refractivity contribution in [1.29, 1.82) is 0 Å². The summed E-state index contributed by atoms with van der Waals surface area (Å²) in [5, 5.41) is 10.1. The van der Waals surface area contributed by atoms with Gasteiger partial charge in [-0.15, -0.1) is 0 Å². The highest BCUT2D eigenvalue weighted by Gasteiger charge is 2.20. The first-order valence-electron chi connectivity index (χ1n) is 6.49. The molecule has 0 bridgehead atoms. The molecule has 1 saturated heterocycles. The van der Waals surface area contributed by atoms with Gasteiger partial charge in [-0.3, -0.25) is 9.69 Å². The Balaban J connectivity index is 1.85. The molecule has 0 atom stereocenters. The van der Waals surface area contributed by atoms with E-state index in [-0.39, 0.29) is 5.56 Å². The molecule has 2 aliphatic heterocycles. The first-order valence-corrected chi connectivity index (χ1v) is 6.49. The molecule has 2 aliphatic rings. The number of rotatable bonds is 2. The van der Waals surface area contributed by atoms with Crippen molar-refractivity contribution in [3.63, 3.8) is 0 Å². The van der Waals surface area contributed by atoms with Gasteiger partial charge in [-0.05, 0) is 12.8 Å². The fourth-order valence-corrected chi connectivity index (χ4v) is 2.54. The lowest BCUT2D eigenvalue weighted by atomic mass is 10.0. The van der Waals surface area contributed by atoms with Gasteiger partial charge in [0.05, 0.1) is 24.6 Å². The maximum atomic E-state index is 11.7. The molecule has 0 amide bonds. The van der Waals surface area contributed by atoms with E-state index in [4.69, 9.17) is 4.74 Å². The van der Waals surface area contributed by atoms with E-state index in [0.29, 0.717) is 0 Å². The number of nitrogens with one attached hydrogen (secondary N) is 2. The van der Waals surface area contributed by atoms with E-state index in [2.05, 4.69) is 20.4 Å². The van der Waals surface area contributed by atoms with Crippen LogP contribution in [0.4, 0.5) is 5.69 Å². The highest BCUT2D eigenvalue weighted by molar-refractivity contribution is 5.55. The third-order valence-corrected chi connectivity index (χ3v) is 3.54. The molecular formula is C12H18N4O2. The van der Waals surface area contributed by atoms with Gasteiger partial charge in [0.25, 0.3) is 5.56 Å². The summed E-state index contributed by atoms with van der Waals surface area (Å²) in [4.78, 5) is 14.0. The van der Waals surface area contributed by atoms with E-state index in [0.717, 1.165) is 69.2 Å². The highest BCUT2D eigenvalue weighted by Crippen LogP contribution is 2.22. The predicted molar refractivity (Wildman–Crippen MR) is 67.8 cm³/mol. The van der Waals surface area contributed by atoms with Crippen LogP contribution in [0.5, 0.6) is 0 Å². The molecule has 0 saturated carbocycles. The molecule has 3 heterocycles. The van der Waals surface area contributed by atoms with Crippen molar-refractivity contribution in [3.05, 3.63) is 21.6 Å². The number of H-pyrrole nitrogens is 1. The number of aromatic nitrogens is 2. The zero-order valence-corrected chi connectivity index (χ0v) is 10.4. The van der Waals surface area contributed by atoms with Crippen LogP contribution < -0.4 is 10.9 Å². The van der Waals surface area contributed by atoms with Crippen LogP contribution >= 0.6 is 0 Å². The van der Waals surface area contributed by atoms with Crippen molar-refractivity contribution in [2.45, 2.75) is 19.4 Å². The molecule has 0 radical (unpaired) electrons. The van der Waals surface area contributed by atoms with Crippen molar-refractivity contribution >= 4 is 5.69 Å². The molecule has 2 N–H and O–H groups in total. The van der Waals surface area contributed by atoms with Gasteiger partial charge in [0.2, 0.25) is 0 Å². The summed E-state index contributed by atoms with van der Waals surface area (Å²) in [7, 11) is 0.